The Kier molecular flexibility index (Phi) is 6.22. The van der Waals surface area contributed by atoms with Crippen molar-refractivity contribution in [3.63, 3.8) is 0 Å². The number of aryl methyl sites for hydroxylation is 2. The molecule has 0 fully saturated rings. The van der Waals surface area contributed by atoms with Crippen LogP contribution in [0, 0.1) is 13.8 Å². The standard InChI is InChI=1S/C22H21N5O5S/c1-11-8-12(2)24-21-18(11)19(23)20(33-21)22(29)31-10-17-26-15(27-32-17)9-16(28)25-13-6-4-5-7-14(13)30-3/h4-8H,9-10,23H2,1-3H3,(H,25,28). The van der Waals surface area contributed by atoms with Gasteiger partial charge in [-0.3, -0.25) is 4.79 Å². The fourth-order valence-corrected chi connectivity index (χ4v) is 4.43. The minimum atomic E-state index is -0.610. The van der Waals surface area contributed by atoms with Gasteiger partial charge in [0.1, 0.15) is 15.5 Å². The van der Waals surface area contributed by atoms with Gasteiger partial charge in [-0.25, -0.2) is 9.78 Å². The number of carbonyl (C=O) groups is 2. The number of nitrogens with two attached hydrogens (primary N) is 1. The van der Waals surface area contributed by atoms with Gasteiger partial charge in [-0.2, -0.15) is 4.98 Å². The summed E-state index contributed by atoms with van der Waals surface area (Å²) in [5.74, 6) is -0.202. The highest BCUT2D eigenvalue weighted by atomic mass is 32.1. The second kappa shape index (κ2) is 9.25. The quantitative estimate of drug-likeness (QED) is 0.391. The van der Waals surface area contributed by atoms with Crippen LogP contribution in [0.3, 0.4) is 0 Å². The molecule has 0 radical (unpaired) electrons. The third kappa shape index (κ3) is 4.77. The third-order valence-electron chi connectivity index (χ3n) is 4.75. The number of ether oxygens (including phenoxy) is 2. The molecule has 0 aliphatic heterocycles. The number of methoxy groups -OCH3 is 1. The number of fused-ring (bicyclic) bond motifs is 1. The molecular formula is C22H21N5O5S. The summed E-state index contributed by atoms with van der Waals surface area (Å²) in [5.41, 5.74) is 8.82. The van der Waals surface area contributed by atoms with Gasteiger partial charge in [0.05, 0.1) is 24.9 Å². The van der Waals surface area contributed by atoms with Crippen LogP contribution in [0.5, 0.6) is 5.75 Å². The van der Waals surface area contributed by atoms with Gasteiger partial charge in [0.15, 0.2) is 12.4 Å². The third-order valence-corrected chi connectivity index (χ3v) is 5.83. The fourth-order valence-electron chi connectivity index (χ4n) is 3.32. The molecule has 1 aromatic carbocycles. The van der Waals surface area contributed by atoms with Crippen LogP contribution in [0.1, 0.15) is 32.6 Å². The Labute approximate surface area is 192 Å². The second-order valence-corrected chi connectivity index (χ2v) is 8.21. The number of nitrogens with zero attached hydrogens (tertiary/aromatic N) is 3. The molecule has 10 nitrogen and oxygen atoms in total. The molecule has 33 heavy (non-hydrogen) atoms. The highest BCUT2D eigenvalue weighted by Crippen LogP contribution is 2.35. The lowest BCUT2D eigenvalue weighted by molar-refractivity contribution is -0.115. The van der Waals surface area contributed by atoms with E-state index in [9.17, 15) is 9.59 Å². The summed E-state index contributed by atoms with van der Waals surface area (Å²) in [5, 5.41) is 7.24. The van der Waals surface area contributed by atoms with Gasteiger partial charge in [-0.15, -0.1) is 11.3 Å². The highest BCUT2D eigenvalue weighted by molar-refractivity contribution is 7.21. The van der Waals surface area contributed by atoms with Crippen LogP contribution in [0.25, 0.3) is 10.2 Å². The predicted molar refractivity (Wildman–Crippen MR) is 122 cm³/mol. The van der Waals surface area contributed by atoms with Crippen LogP contribution in [0.2, 0.25) is 0 Å². The lowest BCUT2D eigenvalue weighted by atomic mass is 10.1. The number of esters is 1. The molecule has 170 valence electrons. The number of thiophene rings is 1. The van der Waals surface area contributed by atoms with Gasteiger partial charge in [0.25, 0.3) is 5.89 Å². The van der Waals surface area contributed by atoms with E-state index in [1.54, 1.807) is 24.3 Å². The number of benzene rings is 1. The molecule has 0 bridgehead atoms. The molecule has 0 spiro atoms. The first-order valence-corrected chi connectivity index (χ1v) is 10.7. The van der Waals surface area contributed by atoms with E-state index in [2.05, 4.69) is 20.4 Å². The summed E-state index contributed by atoms with van der Waals surface area (Å²) < 4.78 is 15.6. The van der Waals surface area contributed by atoms with E-state index >= 15 is 0 Å². The average Bonchev–Trinajstić information content (AvgIpc) is 3.36. The molecule has 3 aromatic heterocycles. The molecular weight excluding hydrogens is 446 g/mol. The lowest BCUT2D eigenvalue weighted by Gasteiger charge is -2.08. The number of hydrogen-bond acceptors (Lipinski definition) is 10. The smallest absolute Gasteiger partial charge is 0.351 e. The van der Waals surface area contributed by atoms with Crippen molar-refractivity contribution >= 4 is 44.8 Å². The molecule has 0 saturated carbocycles. The largest absolute Gasteiger partial charge is 0.495 e. The summed E-state index contributed by atoms with van der Waals surface area (Å²) in [6.45, 7) is 3.54. The Morgan fingerprint density at radius 2 is 2.00 bits per heavy atom. The number of rotatable bonds is 7. The Bertz CT molecular complexity index is 1350. The first kappa shape index (κ1) is 22.2. The fraction of sp³-hybridized carbons (Fsp3) is 0.227. The van der Waals surface area contributed by atoms with E-state index in [-0.39, 0.29) is 35.5 Å². The van der Waals surface area contributed by atoms with Gasteiger partial charge in [-0.1, -0.05) is 17.3 Å². The Hall–Kier alpha value is -3.99. The van der Waals surface area contributed by atoms with E-state index in [4.69, 9.17) is 19.7 Å². The van der Waals surface area contributed by atoms with Crippen molar-refractivity contribution in [2.45, 2.75) is 26.9 Å². The predicted octanol–water partition coefficient (Wildman–Crippen LogP) is 3.43. The molecule has 11 heteroatoms. The van der Waals surface area contributed by atoms with Crippen molar-refractivity contribution in [3.8, 4) is 5.75 Å². The van der Waals surface area contributed by atoms with Crippen LogP contribution in [-0.2, 0) is 22.6 Å². The zero-order chi connectivity index (χ0) is 23.5. The topological polar surface area (TPSA) is 142 Å². The first-order valence-electron chi connectivity index (χ1n) is 9.93. The summed E-state index contributed by atoms with van der Waals surface area (Å²) in [7, 11) is 1.52. The molecule has 0 atom stereocenters. The van der Waals surface area contributed by atoms with Crippen LogP contribution in [0.4, 0.5) is 11.4 Å². The minimum Gasteiger partial charge on any atom is -0.495 e. The van der Waals surface area contributed by atoms with E-state index in [0.717, 1.165) is 16.6 Å². The molecule has 4 aromatic rings. The monoisotopic (exact) mass is 467 g/mol. The molecule has 3 heterocycles. The van der Waals surface area contributed by atoms with Crippen molar-refractivity contribution < 1.29 is 23.6 Å². The normalized spacial score (nSPS) is 10.9. The van der Waals surface area contributed by atoms with E-state index < -0.39 is 5.97 Å². The van der Waals surface area contributed by atoms with Crippen LogP contribution >= 0.6 is 11.3 Å². The number of hydrogen-bond donors (Lipinski definition) is 2. The SMILES string of the molecule is COc1ccccc1NC(=O)Cc1noc(COC(=O)c2sc3nc(C)cc(C)c3c2N)n1. The lowest BCUT2D eigenvalue weighted by Crippen LogP contribution is -2.15. The second-order valence-electron chi connectivity index (χ2n) is 7.21. The number of aromatic nitrogens is 3. The molecule has 0 saturated heterocycles. The van der Waals surface area contributed by atoms with Gasteiger partial charge >= 0.3 is 5.97 Å². The summed E-state index contributed by atoms with van der Waals surface area (Å²) in [4.78, 5) is 34.3. The van der Waals surface area contributed by atoms with Gasteiger partial charge in [-0.05, 0) is 37.6 Å². The molecule has 4 rings (SSSR count). The number of pyridine rings is 1. The van der Waals surface area contributed by atoms with Crippen molar-refractivity contribution in [2.24, 2.45) is 0 Å². The maximum absolute atomic E-state index is 12.6. The maximum Gasteiger partial charge on any atom is 0.351 e. The highest BCUT2D eigenvalue weighted by Gasteiger charge is 2.21. The Balaban J connectivity index is 1.38. The first-order chi connectivity index (χ1) is 15.9. The van der Waals surface area contributed by atoms with E-state index in [0.29, 0.717) is 22.0 Å². The maximum atomic E-state index is 12.6. The summed E-state index contributed by atoms with van der Waals surface area (Å²) in [6.07, 6.45) is -0.122. The molecule has 3 N–H and O–H groups in total. The van der Waals surface area contributed by atoms with Crippen molar-refractivity contribution in [2.75, 3.05) is 18.2 Å². The van der Waals surface area contributed by atoms with Crippen molar-refractivity contribution in [1.29, 1.82) is 0 Å². The number of nitrogens with one attached hydrogen (secondary N) is 1. The zero-order valence-electron chi connectivity index (χ0n) is 18.2. The Morgan fingerprint density at radius 3 is 2.79 bits per heavy atom. The molecule has 0 aliphatic rings. The van der Waals surface area contributed by atoms with E-state index in [1.807, 2.05) is 19.9 Å². The van der Waals surface area contributed by atoms with Crippen LogP contribution in [-0.4, -0.2) is 34.1 Å². The molecule has 1 amide bonds. The van der Waals surface area contributed by atoms with Gasteiger partial charge in [0, 0.05) is 11.1 Å². The van der Waals surface area contributed by atoms with Crippen LogP contribution < -0.4 is 15.8 Å². The number of para-hydroxylation sites is 2. The van der Waals surface area contributed by atoms with Crippen molar-refractivity contribution in [1.82, 2.24) is 15.1 Å². The summed E-state index contributed by atoms with van der Waals surface area (Å²) in [6, 6.07) is 8.94. The molecule has 0 aliphatic carbocycles. The number of nitrogen functional groups attached to an aromatic ring is 1. The van der Waals surface area contributed by atoms with E-state index in [1.165, 1.54) is 18.4 Å². The Morgan fingerprint density at radius 1 is 1.21 bits per heavy atom. The molecule has 0 unspecified atom stereocenters. The summed E-state index contributed by atoms with van der Waals surface area (Å²) >= 11 is 1.17. The van der Waals surface area contributed by atoms with Crippen molar-refractivity contribution in [3.05, 3.63) is 58.2 Å². The number of anilines is 2. The number of amides is 1. The average molecular weight is 468 g/mol. The van der Waals surface area contributed by atoms with Gasteiger partial charge in [0.2, 0.25) is 5.91 Å². The number of carbonyl (C=O) groups excluding carboxylic acids is 2. The van der Waals surface area contributed by atoms with Crippen LogP contribution in [0.15, 0.2) is 34.9 Å². The minimum absolute atomic E-state index is 0.0632. The zero-order valence-corrected chi connectivity index (χ0v) is 19.0. The van der Waals surface area contributed by atoms with Gasteiger partial charge < -0.3 is 25.0 Å².